The van der Waals surface area contributed by atoms with E-state index in [2.05, 4.69) is 21.2 Å². The third kappa shape index (κ3) is 11.0. The predicted octanol–water partition coefficient (Wildman–Crippen LogP) is 0.919. The molecule has 12 heteroatoms. The molecular weight excluding hydrogens is 360 g/mol. The number of ether oxygens (including phenoxy) is 1. The third-order valence-corrected chi connectivity index (χ3v) is 4.04. The highest BCUT2D eigenvalue weighted by Crippen LogP contribution is 2.20. The zero-order valence-electron chi connectivity index (χ0n) is 14.3. The molecule has 0 amide bonds. The largest absolute Gasteiger partial charge is 0.619 e. The van der Waals surface area contributed by atoms with Crippen LogP contribution in [-0.2, 0) is 52.3 Å². The van der Waals surface area contributed by atoms with Gasteiger partial charge in [0.1, 0.15) is 0 Å². The lowest BCUT2D eigenvalue weighted by Gasteiger charge is -2.23. The van der Waals surface area contributed by atoms with E-state index in [0.717, 1.165) is 20.8 Å². The smallest absolute Gasteiger partial charge is 0.462 e. The van der Waals surface area contributed by atoms with E-state index < -0.39 is 32.7 Å². The Morgan fingerprint density at radius 1 is 0.800 bits per heavy atom. The molecule has 0 spiro atoms. The van der Waals surface area contributed by atoms with E-state index in [9.17, 15) is 19.2 Å². The van der Waals surface area contributed by atoms with Crippen LogP contribution in [0.25, 0.3) is 0 Å². The van der Waals surface area contributed by atoms with Gasteiger partial charge in [-0.25, -0.2) is 19.2 Å². The third-order valence-electron chi connectivity index (χ3n) is 2.07. The molecule has 0 heterocycles. The summed E-state index contributed by atoms with van der Waals surface area (Å²) in [6.45, 7) is 7.89. The SMILES string of the molecule is C=C(C)C(=O)OCCC[Si](OOC(C)=O)(OOC(C)=O)OOC(C)=O. The van der Waals surface area contributed by atoms with Gasteiger partial charge in [-0.3, -0.25) is 0 Å². The Morgan fingerprint density at radius 3 is 1.52 bits per heavy atom. The number of esters is 1. The average molecular weight is 380 g/mol. The Bertz CT molecular complexity index is 471. The van der Waals surface area contributed by atoms with Crippen LogP contribution in [0.3, 0.4) is 0 Å². The second-order valence-electron chi connectivity index (χ2n) is 4.68. The quantitative estimate of drug-likeness (QED) is 0.126. The molecule has 0 aromatic rings. The first-order chi connectivity index (χ1) is 11.6. The van der Waals surface area contributed by atoms with Gasteiger partial charge in [0.05, 0.1) is 6.61 Å². The zero-order chi connectivity index (χ0) is 19.5. The van der Waals surface area contributed by atoms with Crippen molar-refractivity contribution in [3.8, 4) is 0 Å². The van der Waals surface area contributed by atoms with Crippen molar-refractivity contribution in [1.29, 1.82) is 0 Å². The number of hydrogen-bond acceptors (Lipinski definition) is 11. The number of rotatable bonds is 11. The first-order valence-electron chi connectivity index (χ1n) is 6.99. The fourth-order valence-electron chi connectivity index (χ4n) is 1.11. The van der Waals surface area contributed by atoms with Gasteiger partial charge in [0.25, 0.3) is 0 Å². The molecule has 0 atom stereocenters. The van der Waals surface area contributed by atoms with Crippen molar-refractivity contribution in [2.45, 2.75) is 40.2 Å². The van der Waals surface area contributed by atoms with Crippen molar-refractivity contribution < 1.29 is 52.3 Å². The molecule has 11 nitrogen and oxygen atoms in total. The van der Waals surface area contributed by atoms with Crippen molar-refractivity contribution in [1.82, 2.24) is 0 Å². The van der Waals surface area contributed by atoms with Crippen LogP contribution in [-0.4, -0.2) is 39.3 Å². The molecule has 0 N–H and O–H groups in total. The van der Waals surface area contributed by atoms with Gasteiger partial charge >= 0.3 is 32.7 Å². The number of hydrogen-bond donors (Lipinski definition) is 0. The Labute approximate surface area is 144 Å². The van der Waals surface area contributed by atoms with Crippen LogP contribution in [0.15, 0.2) is 12.2 Å². The van der Waals surface area contributed by atoms with E-state index in [1.807, 2.05) is 0 Å². The summed E-state index contributed by atoms with van der Waals surface area (Å²) >= 11 is 0. The van der Waals surface area contributed by atoms with Crippen LogP contribution in [0, 0.1) is 0 Å². The normalized spacial score (nSPS) is 10.6. The van der Waals surface area contributed by atoms with Gasteiger partial charge in [-0.1, -0.05) is 6.58 Å². The molecule has 25 heavy (non-hydrogen) atoms. The Kier molecular flexibility index (Phi) is 10.3. The second-order valence-corrected chi connectivity index (χ2v) is 7.04. The molecule has 0 saturated heterocycles. The van der Waals surface area contributed by atoms with Crippen molar-refractivity contribution in [3.05, 3.63) is 12.2 Å². The number of carbonyl (C=O) groups is 4. The molecular formula is C13H20O11Si. The summed E-state index contributed by atoms with van der Waals surface area (Å²) in [4.78, 5) is 57.2. The molecule has 142 valence electrons. The Balaban J connectivity index is 4.95. The summed E-state index contributed by atoms with van der Waals surface area (Å²) in [5.74, 6) is -3.19. The minimum Gasteiger partial charge on any atom is -0.462 e. The highest BCUT2D eigenvalue weighted by Gasteiger charge is 2.50. The van der Waals surface area contributed by atoms with E-state index in [1.54, 1.807) is 0 Å². The first-order valence-corrected chi connectivity index (χ1v) is 8.92. The minimum atomic E-state index is -4.13. The fraction of sp³-hybridized carbons (Fsp3) is 0.538. The lowest BCUT2D eigenvalue weighted by molar-refractivity contribution is -0.329. The van der Waals surface area contributed by atoms with E-state index in [1.165, 1.54) is 6.92 Å². The molecule has 0 aliphatic heterocycles. The van der Waals surface area contributed by atoms with Gasteiger partial charge in [0, 0.05) is 32.4 Å². The van der Waals surface area contributed by atoms with Crippen LogP contribution in [0.5, 0.6) is 0 Å². The predicted molar refractivity (Wildman–Crippen MR) is 79.5 cm³/mol. The molecule has 0 bridgehead atoms. The molecule has 0 unspecified atom stereocenters. The van der Waals surface area contributed by atoms with Gasteiger partial charge in [0.15, 0.2) is 0 Å². The standard InChI is InChI=1S/C13H20O11Si/c1-9(2)13(17)18-7-6-8-25(22-19-10(3)14,23-20-11(4)15)24-21-12(5)16/h1,6-8H2,2-5H3. The summed E-state index contributed by atoms with van der Waals surface area (Å²) in [5, 5.41) is 0. The Morgan fingerprint density at radius 2 is 1.20 bits per heavy atom. The van der Waals surface area contributed by atoms with Gasteiger partial charge < -0.3 is 19.4 Å². The molecule has 0 aliphatic carbocycles. The molecule has 0 aliphatic rings. The van der Waals surface area contributed by atoms with Crippen LogP contribution in [0.1, 0.15) is 34.1 Å². The van der Waals surface area contributed by atoms with Gasteiger partial charge in [-0.2, -0.15) is 13.7 Å². The van der Waals surface area contributed by atoms with E-state index in [-0.39, 0.29) is 24.6 Å². The van der Waals surface area contributed by atoms with Crippen molar-refractivity contribution >= 4 is 32.7 Å². The summed E-state index contributed by atoms with van der Waals surface area (Å²) in [6, 6.07) is -0.190. The van der Waals surface area contributed by atoms with E-state index >= 15 is 0 Å². The van der Waals surface area contributed by atoms with Crippen LogP contribution in [0.2, 0.25) is 6.04 Å². The van der Waals surface area contributed by atoms with Gasteiger partial charge in [-0.15, -0.1) is 0 Å². The van der Waals surface area contributed by atoms with Gasteiger partial charge in [-0.05, 0) is 13.3 Å². The van der Waals surface area contributed by atoms with Crippen molar-refractivity contribution in [2.24, 2.45) is 0 Å². The lowest BCUT2D eigenvalue weighted by atomic mass is 10.4. The topological polar surface area (TPSA) is 133 Å². The Hall–Kier alpha value is -2.28. The highest BCUT2D eigenvalue weighted by molar-refractivity contribution is 6.60. The molecule has 0 aromatic heterocycles. The summed E-state index contributed by atoms with van der Waals surface area (Å²) in [7, 11) is -4.13. The van der Waals surface area contributed by atoms with Crippen LogP contribution >= 0.6 is 0 Å². The minimum absolute atomic E-state index is 0.0784. The zero-order valence-corrected chi connectivity index (χ0v) is 15.3. The molecule has 0 saturated carbocycles. The number of carbonyl (C=O) groups excluding carboxylic acids is 4. The van der Waals surface area contributed by atoms with Gasteiger partial charge in [0.2, 0.25) is 0 Å². The lowest BCUT2D eigenvalue weighted by Crippen LogP contribution is -2.47. The maximum Gasteiger partial charge on any atom is 0.619 e. The van der Waals surface area contributed by atoms with Crippen LogP contribution < -0.4 is 0 Å². The first kappa shape index (κ1) is 22.7. The maximum atomic E-state index is 11.3. The molecule has 0 fully saturated rings. The van der Waals surface area contributed by atoms with E-state index in [4.69, 9.17) is 18.5 Å². The monoisotopic (exact) mass is 380 g/mol. The average Bonchev–Trinajstić information content (AvgIpc) is 2.51. The molecule has 0 rings (SSSR count). The van der Waals surface area contributed by atoms with Crippen LogP contribution in [0.4, 0.5) is 0 Å². The summed E-state index contributed by atoms with van der Waals surface area (Å²) < 4.78 is 19.2. The highest BCUT2D eigenvalue weighted by atomic mass is 28.4. The maximum absolute atomic E-state index is 11.3. The van der Waals surface area contributed by atoms with Crippen molar-refractivity contribution in [3.63, 3.8) is 0 Å². The summed E-state index contributed by atoms with van der Waals surface area (Å²) in [5.41, 5.74) is 0.201. The fourth-order valence-corrected chi connectivity index (χ4v) is 2.75. The van der Waals surface area contributed by atoms with E-state index in [0.29, 0.717) is 0 Å². The second kappa shape index (κ2) is 11.3. The molecule has 0 aromatic carbocycles. The molecule has 0 radical (unpaired) electrons. The summed E-state index contributed by atoms with van der Waals surface area (Å²) in [6.07, 6.45) is 0.0784. The van der Waals surface area contributed by atoms with Crippen molar-refractivity contribution in [2.75, 3.05) is 6.61 Å².